The topological polar surface area (TPSA) is 75.6 Å². The number of rotatable bonds is 2. The van der Waals surface area contributed by atoms with Crippen molar-refractivity contribution in [1.29, 1.82) is 0 Å². The monoisotopic (exact) mass is 306 g/mol. The van der Waals surface area contributed by atoms with Crippen LogP contribution in [0.2, 0.25) is 0 Å². The van der Waals surface area contributed by atoms with Gasteiger partial charge in [-0.25, -0.2) is 9.78 Å². The van der Waals surface area contributed by atoms with Gasteiger partial charge in [-0.1, -0.05) is 0 Å². The summed E-state index contributed by atoms with van der Waals surface area (Å²) >= 11 is 0. The fourth-order valence-electron chi connectivity index (χ4n) is 2.31. The Balaban J connectivity index is 1.95. The lowest BCUT2D eigenvalue weighted by molar-refractivity contribution is 0.0279. The molecule has 0 radical (unpaired) electrons. The first kappa shape index (κ1) is 16.2. The molecular weight excluding hydrogens is 284 g/mol. The molecule has 1 aromatic heterocycles. The Labute approximate surface area is 130 Å². The molecule has 0 aromatic carbocycles. The summed E-state index contributed by atoms with van der Waals surface area (Å²) in [6, 6.07) is -0.0398. The number of hydrogen-bond acceptors (Lipinski definition) is 5. The number of nitrogens with zero attached hydrogens (tertiary/aromatic N) is 4. The fraction of sp³-hybridized carbons (Fsp3) is 0.600. The van der Waals surface area contributed by atoms with Gasteiger partial charge in [0.2, 0.25) is 0 Å². The highest BCUT2D eigenvalue weighted by Crippen LogP contribution is 2.19. The Morgan fingerprint density at radius 1 is 1.36 bits per heavy atom. The van der Waals surface area contributed by atoms with Crippen LogP contribution in [-0.4, -0.2) is 63.5 Å². The number of aromatic nitrogens is 2. The second kappa shape index (κ2) is 6.29. The molecule has 0 bridgehead atoms. The van der Waals surface area contributed by atoms with E-state index in [1.54, 1.807) is 16.8 Å². The average Bonchev–Trinajstić information content (AvgIpc) is 2.95. The number of likely N-dealkylation sites (N-methyl/N-ethyl adjacent to an activating group) is 1. The van der Waals surface area contributed by atoms with Gasteiger partial charge >= 0.3 is 6.09 Å². The minimum Gasteiger partial charge on any atom is -0.444 e. The molecule has 0 unspecified atom stereocenters. The van der Waals surface area contributed by atoms with Crippen LogP contribution in [0.3, 0.4) is 0 Å². The van der Waals surface area contributed by atoms with Crippen LogP contribution in [-0.2, 0) is 4.74 Å². The summed E-state index contributed by atoms with van der Waals surface area (Å²) in [6.45, 7) is 6.56. The molecule has 2 heterocycles. The van der Waals surface area contributed by atoms with Gasteiger partial charge < -0.3 is 14.5 Å². The highest BCUT2D eigenvalue weighted by molar-refractivity contribution is 5.92. The molecule has 22 heavy (non-hydrogen) atoms. The van der Waals surface area contributed by atoms with E-state index in [2.05, 4.69) is 9.97 Å². The first-order valence-electron chi connectivity index (χ1n) is 7.29. The highest BCUT2D eigenvalue weighted by atomic mass is 16.6. The summed E-state index contributed by atoms with van der Waals surface area (Å²) in [6.07, 6.45) is 4.84. The van der Waals surface area contributed by atoms with E-state index < -0.39 is 5.60 Å². The molecular formula is C15H22N4O3. The van der Waals surface area contributed by atoms with E-state index >= 15 is 0 Å². The van der Waals surface area contributed by atoms with Gasteiger partial charge in [0.25, 0.3) is 5.91 Å². The molecule has 1 aliphatic rings. The van der Waals surface area contributed by atoms with Crippen molar-refractivity contribution in [2.45, 2.75) is 38.8 Å². The minimum atomic E-state index is -0.517. The number of carbonyl (C=O) groups is 2. The van der Waals surface area contributed by atoms with E-state index in [-0.39, 0.29) is 18.0 Å². The highest BCUT2D eigenvalue weighted by Gasteiger charge is 2.33. The van der Waals surface area contributed by atoms with Gasteiger partial charge in [-0.2, -0.15) is 0 Å². The Kier molecular flexibility index (Phi) is 4.63. The maximum atomic E-state index is 12.3. The maximum absolute atomic E-state index is 12.3. The molecule has 2 amide bonds. The summed E-state index contributed by atoms with van der Waals surface area (Å²) < 4.78 is 5.36. The quantitative estimate of drug-likeness (QED) is 0.829. The Morgan fingerprint density at radius 3 is 2.68 bits per heavy atom. The molecule has 7 nitrogen and oxygen atoms in total. The SMILES string of the molecule is CN(C(=O)c1cnccn1)[C@H]1CCN(C(=O)OC(C)(C)C)C1. The number of hydrogen-bond donors (Lipinski definition) is 0. The van der Waals surface area contributed by atoms with Gasteiger partial charge in [-0.3, -0.25) is 9.78 Å². The Bertz CT molecular complexity index is 541. The van der Waals surface area contributed by atoms with Crippen LogP contribution in [0.5, 0.6) is 0 Å². The summed E-state index contributed by atoms with van der Waals surface area (Å²) in [5.41, 5.74) is -0.211. The van der Waals surface area contributed by atoms with E-state index in [0.29, 0.717) is 18.8 Å². The van der Waals surface area contributed by atoms with Gasteiger partial charge in [0.15, 0.2) is 0 Å². The van der Waals surface area contributed by atoms with Crippen molar-refractivity contribution in [3.8, 4) is 0 Å². The van der Waals surface area contributed by atoms with Crippen molar-refractivity contribution in [3.05, 3.63) is 24.3 Å². The molecule has 2 rings (SSSR count). The van der Waals surface area contributed by atoms with E-state index in [0.717, 1.165) is 6.42 Å². The van der Waals surface area contributed by atoms with Crippen LogP contribution in [0.15, 0.2) is 18.6 Å². The maximum Gasteiger partial charge on any atom is 0.410 e. The van der Waals surface area contributed by atoms with Crippen molar-refractivity contribution in [2.24, 2.45) is 0 Å². The van der Waals surface area contributed by atoms with E-state index in [4.69, 9.17) is 4.74 Å². The van der Waals surface area contributed by atoms with Crippen LogP contribution in [0.1, 0.15) is 37.7 Å². The number of amides is 2. The van der Waals surface area contributed by atoms with Crippen molar-refractivity contribution in [1.82, 2.24) is 19.8 Å². The van der Waals surface area contributed by atoms with Crippen molar-refractivity contribution in [2.75, 3.05) is 20.1 Å². The molecule has 7 heteroatoms. The van der Waals surface area contributed by atoms with E-state index in [1.165, 1.54) is 18.6 Å². The zero-order valence-corrected chi connectivity index (χ0v) is 13.4. The van der Waals surface area contributed by atoms with Crippen molar-refractivity contribution < 1.29 is 14.3 Å². The average molecular weight is 306 g/mol. The van der Waals surface area contributed by atoms with Crippen LogP contribution < -0.4 is 0 Å². The third-order valence-corrected chi connectivity index (χ3v) is 3.47. The smallest absolute Gasteiger partial charge is 0.410 e. The lowest BCUT2D eigenvalue weighted by Gasteiger charge is -2.26. The first-order valence-corrected chi connectivity index (χ1v) is 7.29. The van der Waals surface area contributed by atoms with Crippen molar-refractivity contribution >= 4 is 12.0 Å². The third-order valence-electron chi connectivity index (χ3n) is 3.47. The number of ether oxygens (including phenoxy) is 1. The lowest BCUT2D eigenvalue weighted by atomic mass is 10.2. The fourth-order valence-corrected chi connectivity index (χ4v) is 2.31. The normalized spacial score (nSPS) is 18.2. The molecule has 1 aliphatic heterocycles. The molecule has 1 atom stereocenters. The van der Waals surface area contributed by atoms with Gasteiger partial charge in [-0.05, 0) is 27.2 Å². The molecule has 0 spiro atoms. The number of likely N-dealkylation sites (tertiary alicyclic amines) is 1. The number of carbonyl (C=O) groups excluding carboxylic acids is 2. The zero-order valence-electron chi connectivity index (χ0n) is 13.4. The molecule has 120 valence electrons. The Hall–Kier alpha value is -2.18. The van der Waals surface area contributed by atoms with Crippen LogP contribution in [0.25, 0.3) is 0 Å². The van der Waals surface area contributed by atoms with Crippen molar-refractivity contribution in [3.63, 3.8) is 0 Å². The minimum absolute atomic E-state index is 0.0398. The second-order valence-electron chi connectivity index (χ2n) is 6.38. The predicted molar refractivity (Wildman–Crippen MR) is 80.3 cm³/mol. The summed E-state index contributed by atoms with van der Waals surface area (Å²) in [7, 11) is 1.72. The molecule has 1 aromatic rings. The molecule has 0 aliphatic carbocycles. The summed E-state index contributed by atoms with van der Waals surface area (Å²) in [5.74, 6) is -0.191. The van der Waals surface area contributed by atoms with E-state index in [1.807, 2.05) is 20.8 Å². The molecule has 0 N–H and O–H groups in total. The second-order valence-corrected chi connectivity index (χ2v) is 6.38. The van der Waals surface area contributed by atoms with Crippen LogP contribution in [0.4, 0.5) is 4.79 Å². The van der Waals surface area contributed by atoms with Crippen LogP contribution >= 0.6 is 0 Å². The van der Waals surface area contributed by atoms with E-state index in [9.17, 15) is 9.59 Å². The molecule has 1 fully saturated rings. The first-order chi connectivity index (χ1) is 10.3. The largest absolute Gasteiger partial charge is 0.444 e. The Morgan fingerprint density at radius 2 is 2.09 bits per heavy atom. The van der Waals surface area contributed by atoms with Gasteiger partial charge in [0, 0.05) is 32.5 Å². The molecule has 0 saturated carbocycles. The van der Waals surface area contributed by atoms with Gasteiger partial charge in [0.05, 0.1) is 12.2 Å². The van der Waals surface area contributed by atoms with Gasteiger partial charge in [0.1, 0.15) is 11.3 Å². The molecule has 1 saturated heterocycles. The third kappa shape index (κ3) is 3.93. The standard InChI is InChI=1S/C15H22N4O3/c1-15(2,3)22-14(21)19-8-5-11(10-19)18(4)13(20)12-9-16-6-7-17-12/h6-7,9,11H,5,8,10H2,1-4H3/t11-/m0/s1. The van der Waals surface area contributed by atoms with Crippen LogP contribution in [0, 0.1) is 0 Å². The lowest BCUT2D eigenvalue weighted by Crippen LogP contribution is -2.41. The van der Waals surface area contributed by atoms with Gasteiger partial charge in [-0.15, -0.1) is 0 Å². The summed E-state index contributed by atoms with van der Waals surface area (Å²) in [5, 5.41) is 0. The zero-order chi connectivity index (χ0) is 16.3. The predicted octanol–water partition coefficient (Wildman–Crippen LogP) is 1.56. The summed E-state index contributed by atoms with van der Waals surface area (Å²) in [4.78, 5) is 35.5.